The zero-order valence-corrected chi connectivity index (χ0v) is 16.6. The Labute approximate surface area is 158 Å². The molecule has 0 unspecified atom stereocenters. The fraction of sp³-hybridized carbons (Fsp3) is 0.474. The molecule has 1 aromatic heterocycles. The van der Waals surface area contributed by atoms with Crippen molar-refractivity contribution >= 4 is 17.4 Å². The number of non-ortho nitro benzene ring substituents is 1. The summed E-state index contributed by atoms with van der Waals surface area (Å²) < 4.78 is 7.20. The van der Waals surface area contributed by atoms with E-state index in [4.69, 9.17) is 4.74 Å². The minimum absolute atomic E-state index is 0.0319. The Bertz CT molecular complexity index is 827. The summed E-state index contributed by atoms with van der Waals surface area (Å²) in [6, 6.07) is 7.45. The Hall–Kier alpha value is -2.90. The number of carbonyl (C=O) groups excluding carboxylic acids is 1. The van der Waals surface area contributed by atoms with Gasteiger partial charge in [-0.25, -0.2) is 4.68 Å². The quantitative estimate of drug-likeness (QED) is 0.633. The van der Waals surface area contributed by atoms with Crippen LogP contribution >= 0.6 is 0 Å². The number of hydrogen-bond donors (Lipinski definition) is 1. The average molecular weight is 374 g/mol. The summed E-state index contributed by atoms with van der Waals surface area (Å²) in [5.74, 6) is 0.652. The summed E-state index contributed by atoms with van der Waals surface area (Å²) in [6.45, 7) is 12.0. The van der Waals surface area contributed by atoms with Crippen LogP contribution in [0.2, 0.25) is 0 Å². The van der Waals surface area contributed by atoms with Gasteiger partial charge in [0.1, 0.15) is 11.6 Å². The Morgan fingerprint density at radius 3 is 2.26 bits per heavy atom. The summed E-state index contributed by atoms with van der Waals surface area (Å²) in [7, 11) is 0. The van der Waals surface area contributed by atoms with Crippen LogP contribution in [0.3, 0.4) is 0 Å². The molecular weight excluding hydrogens is 348 g/mol. The molecule has 2 aromatic rings. The summed E-state index contributed by atoms with van der Waals surface area (Å²) >= 11 is 0. The smallest absolute Gasteiger partial charge is 0.269 e. The van der Waals surface area contributed by atoms with Crippen LogP contribution in [-0.4, -0.2) is 27.2 Å². The van der Waals surface area contributed by atoms with Crippen molar-refractivity contribution in [3.05, 3.63) is 46.1 Å². The third kappa shape index (κ3) is 5.29. The van der Waals surface area contributed by atoms with E-state index in [1.54, 1.807) is 4.68 Å². The second kappa shape index (κ2) is 7.38. The number of rotatable bonds is 5. The van der Waals surface area contributed by atoms with Crippen LogP contribution in [0.4, 0.5) is 11.5 Å². The number of benzene rings is 1. The number of hydrogen-bond acceptors (Lipinski definition) is 5. The number of nitro benzene ring substituents is 1. The molecule has 0 aliphatic rings. The number of amides is 1. The third-order valence-corrected chi connectivity index (χ3v) is 3.80. The highest BCUT2D eigenvalue weighted by Gasteiger charge is 2.25. The molecule has 146 valence electrons. The van der Waals surface area contributed by atoms with Crippen molar-refractivity contribution in [2.75, 3.05) is 11.9 Å². The van der Waals surface area contributed by atoms with Crippen molar-refractivity contribution in [2.45, 2.75) is 52.5 Å². The highest BCUT2D eigenvalue weighted by atomic mass is 16.6. The van der Waals surface area contributed by atoms with E-state index < -0.39 is 4.92 Å². The fourth-order valence-corrected chi connectivity index (χ4v) is 2.34. The summed E-state index contributed by atoms with van der Waals surface area (Å²) in [5.41, 5.74) is 0.399. The lowest BCUT2D eigenvalue weighted by Crippen LogP contribution is -2.28. The predicted octanol–water partition coefficient (Wildman–Crippen LogP) is 3.86. The normalized spacial score (nSPS) is 11.9. The number of aromatic nitrogens is 2. The topological polar surface area (TPSA) is 99.3 Å². The number of anilines is 1. The molecule has 2 rings (SSSR count). The summed E-state index contributed by atoms with van der Waals surface area (Å²) in [4.78, 5) is 22.5. The molecule has 1 amide bonds. The molecule has 1 N–H and O–H groups in total. The zero-order valence-electron chi connectivity index (χ0n) is 16.6. The maximum Gasteiger partial charge on any atom is 0.269 e. The maximum atomic E-state index is 12.3. The number of nitrogens with zero attached hydrogens (tertiary/aromatic N) is 3. The lowest BCUT2D eigenvalue weighted by Gasteiger charge is -2.23. The molecule has 0 saturated carbocycles. The number of carbonyl (C=O) groups is 1. The van der Waals surface area contributed by atoms with Gasteiger partial charge in [0.2, 0.25) is 0 Å². The second-order valence-corrected chi connectivity index (χ2v) is 8.34. The van der Waals surface area contributed by atoms with Gasteiger partial charge in [0.05, 0.1) is 16.2 Å². The van der Waals surface area contributed by atoms with Crippen LogP contribution in [0.5, 0.6) is 5.75 Å². The molecule has 1 heterocycles. The zero-order chi connectivity index (χ0) is 20.4. The number of ether oxygens (including phenoxy) is 1. The number of nitrogens with one attached hydrogen (secondary N) is 1. The molecule has 8 nitrogen and oxygen atoms in total. The Kier molecular flexibility index (Phi) is 5.58. The third-order valence-electron chi connectivity index (χ3n) is 3.80. The van der Waals surface area contributed by atoms with Gasteiger partial charge in [-0.1, -0.05) is 20.8 Å². The molecule has 0 radical (unpaired) electrons. The SMILES string of the molecule is CC(C)(C)c1cc(NC(=O)COc2ccc([N+](=O)[O-])cc2)n(C(C)(C)C)n1. The van der Waals surface area contributed by atoms with E-state index in [-0.39, 0.29) is 29.2 Å². The molecule has 0 aliphatic heterocycles. The molecule has 0 spiro atoms. The standard InChI is InChI=1S/C19H26N4O4/c1-18(2,3)15-11-16(22(21-15)19(4,5)6)20-17(24)12-27-14-9-7-13(8-10-14)23(25)26/h7-11H,12H2,1-6H3,(H,20,24). The van der Waals surface area contributed by atoms with Crippen molar-refractivity contribution in [2.24, 2.45) is 0 Å². The molecule has 0 fully saturated rings. The molecule has 8 heteroatoms. The maximum absolute atomic E-state index is 12.3. The molecule has 0 aliphatic carbocycles. The fourth-order valence-electron chi connectivity index (χ4n) is 2.34. The van der Waals surface area contributed by atoms with Crippen LogP contribution in [0.1, 0.15) is 47.2 Å². The van der Waals surface area contributed by atoms with Crippen LogP contribution in [0.15, 0.2) is 30.3 Å². The predicted molar refractivity (Wildman–Crippen MR) is 103 cm³/mol. The van der Waals surface area contributed by atoms with Gasteiger partial charge >= 0.3 is 0 Å². The van der Waals surface area contributed by atoms with Gasteiger partial charge in [0, 0.05) is 23.6 Å². The molecule has 1 aromatic carbocycles. The molecule has 0 saturated heterocycles. The van der Waals surface area contributed by atoms with Gasteiger partial charge in [-0.2, -0.15) is 5.10 Å². The van der Waals surface area contributed by atoms with Crippen molar-refractivity contribution in [3.63, 3.8) is 0 Å². The monoisotopic (exact) mass is 374 g/mol. The highest BCUT2D eigenvalue weighted by Crippen LogP contribution is 2.28. The van der Waals surface area contributed by atoms with Crippen LogP contribution in [0.25, 0.3) is 0 Å². The van der Waals surface area contributed by atoms with Gasteiger partial charge < -0.3 is 10.1 Å². The minimum Gasteiger partial charge on any atom is -0.484 e. The van der Waals surface area contributed by atoms with Gasteiger partial charge in [-0.3, -0.25) is 14.9 Å². The van der Waals surface area contributed by atoms with Crippen LogP contribution in [-0.2, 0) is 15.7 Å². The molecule has 0 atom stereocenters. The highest BCUT2D eigenvalue weighted by molar-refractivity contribution is 5.91. The molecule has 27 heavy (non-hydrogen) atoms. The first-order chi connectivity index (χ1) is 12.4. The molecular formula is C19H26N4O4. The van der Waals surface area contributed by atoms with Crippen molar-refractivity contribution in [1.82, 2.24) is 9.78 Å². The Morgan fingerprint density at radius 2 is 1.78 bits per heavy atom. The summed E-state index contributed by atoms with van der Waals surface area (Å²) in [6.07, 6.45) is 0. The lowest BCUT2D eigenvalue weighted by atomic mass is 9.92. The largest absolute Gasteiger partial charge is 0.484 e. The van der Waals surface area contributed by atoms with Crippen LogP contribution in [0, 0.1) is 10.1 Å². The van der Waals surface area contributed by atoms with E-state index in [1.165, 1.54) is 24.3 Å². The van der Waals surface area contributed by atoms with Gasteiger partial charge in [0.15, 0.2) is 6.61 Å². The summed E-state index contributed by atoms with van der Waals surface area (Å²) in [5, 5.41) is 18.1. The van der Waals surface area contributed by atoms with Gasteiger partial charge in [-0.15, -0.1) is 0 Å². The second-order valence-electron chi connectivity index (χ2n) is 8.34. The van der Waals surface area contributed by atoms with Gasteiger partial charge in [0.25, 0.3) is 11.6 Å². The van der Waals surface area contributed by atoms with Crippen molar-refractivity contribution < 1.29 is 14.5 Å². The first-order valence-corrected chi connectivity index (χ1v) is 8.66. The Balaban J connectivity index is 2.08. The van der Waals surface area contributed by atoms with E-state index in [1.807, 2.05) is 26.8 Å². The first kappa shape index (κ1) is 20.4. The van der Waals surface area contributed by atoms with Crippen molar-refractivity contribution in [3.8, 4) is 5.75 Å². The Morgan fingerprint density at radius 1 is 1.19 bits per heavy atom. The van der Waals surface area contributed by atoms with Crippen molar-refractivity contribution in [1.29, 1.82) is 0 Å². The average Bonchev–Trinajstić information content (AvgIpc) is 2.97. The van der Waals surface area contributed by atoms with Crippen LogP contribution < -0.4 is 10.1 Å². The number of nitro groups is 1. The van der Waals surface area contributed by atoms with Gasteiger partial charge in [-0.05, 0) is 32.9 Å². The molecule has 0 bridgehead atoms. The van der Waals surface area contributed by atoms with E-state index in [0.717, 1.165) is 5.69 Å². The first-order valence-electron chi connectivity index (χ1n) is 8.66. The lowest BCUT2D eigenvalue weighted by molar-refractivity contribution is -0.384. The van der Waals surface area contributed by atoms with E-state index in [2.05, 4.69) is 31.2 Å². The van der Waals surface area contributed by atoms with E-state index in [9.17, 15) is 14.9 Å². The minimum atomic E-state index is -0.489. The van der Waals surface area contributed by atoms with E-state index in [0.29, 0.717) is 11.6 Å². The van der Waals surface area contributed by atoms with E-state index >= 15 is 0 Å².